The summed E-state index contributed by atoms with van der Waals surface area (Å²) in [5.74, 6) is 0.898. The molecule has 0 unspecified atom stereocenters. The smallest absolute Gasteiger partial charge is 0.0175 e. The van der Waals surface area contributed by atoms with Crippen LogP contribution in [0, 0.1) is 5.92 Å². The Morgan fingerprint density at radius 2 is 1.84 bits per heavy atom. The molecule has 0 radical (unpaired) electrons. The van der Waals surface area contributed by atoms with Crippen LogP contribution in [0.5, 0.6) is 0 Å². The Kier molecular flexibility index (Phi) is 5.47. The van der Waals surface area contributed by atoms with Crippen LogP contribution >= 0.6 is 15.9 Å². The van der Waals surface area contributed by atoms with Crippen LogP contribution in [0.2, 0.25) is 0 Å². The summed E-state index contributed by atoms with van der Waals surface area (Å²) < 4.78 is 1.18. The maximum Gasteiger partial charge on any atom is 0.0175 e. The highest BCUT2D eigenvalue weighted by Crippen LogP contribution is 2.41. The second kappa shape index (κ2) is 6.90. The Labute approximate surface area is 126 Å². The number of halogens is 1. The third-order valence-corrected chi connectivity index (χ3v) is 5.11. The molecule has 0 bridgehead atoms. The Bertz CT molecular complexity index is 377. The van der Waals surface area contributed by atoms with Crippen LogP contribution in [-0.2, 0) is 5.41 Å². The lowest BCUT2D eigenvalue weighted by atomic mass is 9.67. The number of hydrogen-bond donors (Lipinski definition) is 1. The summed E-state index contributed by atoms with van der Waals surface area (Å²) in [5, 5.41) is 3.66. The minimum absolute atomic E-state index is 0.363. The summed E-state index contributed by atoms with van der Waals surface area (Å²) in [6.45, 7) is 6.90. The number of benzene rings is 1. The van der Waals surface area contributed by atoms with Crippen molar-refractivity contribution in [2.75, 3.05) is 13.1 Å². The average Bonchev–Trinajstić information content (AvgIpc) is 2.42. The zero-order valence-electron chi connectivity index (χ0n) is 12.2. The van der Waals surface area contributed by atoms with E-state index in [1.807, 2.05) is 0 Å². The van der Waals surface area contributed by atoms with Crippen LogP contribution in [0.4, 0.5) is 0 Å². The molecule has 0 aliphatic heterocycles. The van der Waals surface area contributed by atoms with Crippen LogP contribution in [0.25, 0.3) is 0 Å². The van der Waals surface area contributed by atoms with Crippen molar-refractivity contribution in [1.82, 2.24) is 5.32 Å². The summed E-state index contributed by atoms with van der Waals surface area (Å²) in [7, 11) is 0. The maximum absolute atomic E-state index is 3.66. The molecule has 0 aromatic heterocycles. The van der Waals surface area contributed by atoms with Crippen molar-refractivity contribution in [3.8, 4) is 0 Å². The lowest BCUT2D eigenvalue weighted by Crippen LogP contribution is -2.41. The van der Waals surface area contributed by atoms with Gasteiger partial charge in [-0.2, -0.15) is 0 Å². The molecule has 1 aromatic carbocycles. The van der Waals surface area contributed by atoms with Gasteiger partial charge in [0.15, 0.2) is 0 Å². The fourth-order valence-electron chi connectivity index (χ4n) is 3.19. The first-order valence-corrected chi connectivity index (χ1v) is 8.42. The van der Waals surface area contributed by atoms with E-state index >= 15 is 0 Å². The third kappa shape index (κ3) is 3.82. The minimum atomic E-state index is 0.363. The molecule has 19 heavy (non-hydrogen) atoms. The molecule has 0 amide bonds. The molecule has 1 nitrogen and oxygen atoms in total. The zero-order valence-corrected chi connectivity index (χ0v) is 13.8. The molecule has 1 N–H and O–H groups in total. The molecule has 2 rings (SSSR count). The van der Waals surface area contributed by atoms with Gasteiger partial charge in [0.2, 0.25) is 0 Å². The predicted octanol–water partition coefficient (Wildman–Crippen LogP) is 4.90. The topological polar surface area (TPSA) is 12.0 Å². The number of rotatable bonds is 5. The average molecular weight is 324 g/mol. The molecule has 1 aliphatic carbocycles. The lowest BCUT2D eigenvalue weighted by molar-refractivity contribution is 0.234. The van der Waals surface area contributed by atoms with Crippen molar-refractivity contribution in [1.29, 1.82) is 0 Å². The molecule has 0 atom stereocenters. The third-order valence-electron chi connectivity index (χ3n) is 4.58. The summed E-state index contributed by atoms with van der Waals surface area (Å²) in [5.41, 5.74) is 1.88. The van der Waals surface area contributed by atoms with Crippen LogP contribution in [0.15, 0.2) is 28.7 Å². The Balaban J connectivity index is 2.15. The van der Waals surface area contributed by atoms with Gasteiger partial charge in [0.1, 0.15) is 0 Å². The van der Waals surface area contributed by atoms with E-state index in [1.165, 1.54) is 42.1 Å². The van der Waals surface area contributed by atoms with E-state index in [9.17, 15) is 0 Å². The first-order valence-electron chi connectivity index (χ1n) is 7.63. The van der Waals surface area contributed by atoms with Gasteiger partial charge >= 0.3 is 0 Å². The van der Waals surface area contributed by atoms with E-state index in [1.54, 1.807) is 0 Å². The number of nitrogens with one attached hydrogen (secondary N) is 1. The van der Waals surface area contributed by atoms with Crippen LogP contribution in [0.3, 0.4) is 0 Å². The summed E-state index contributed by atoms with van der Waals surface area (Å²) in [4.78, 5) is 0. The zero-order chi connectivity index (χ0) is 13.7. The van der Waals surface area contributed by atoms with Crippen molar-refractivity contribution < 1.29 is 0 Å². The van der Waals surface area contributed by atoms with Crippen LogP contribution in [-0.4, -0.2) is 13.1 Å². The second-order valence-electron chi connectivity index (χ2n) is 6.15. The molecule has 0 saturated heterocycles. The highest BCUT2D eigenvalue weighted by molar-refractivity contribution is 9.10. The summed E-state index contributed by atoms with van der Waals surface area (Å²) >= 11 is 3.54. The van der Waals surface area contributed by atoms with E-state index < -0.39 is 0 Å². The fourth-order valence-corrected chi connectivity index (χ4v) is 3.45. The summed E-state index contributed by atoms with van der Waals surface area (Å²) in [6, 6.07) is 9.01. The molecule has 0 heterocycles. The molecule has 1 fully saturated rings. The first kappa shape index (κ1) is 15.1. The molecule has 2 heteroatoms. The monoisotopic (exact) mass is 323 g/mol. The highest BCUT2D eigenvalue weighted by Gasteiger charge is 2.35. The van der Waals surface area contributed by atoms with Gasteiger partial charge in [0.05, 0.1) is 0 Å². The predicted molar refractivity (Wildman–Crippen MR) is 86.6 cm³/mol. The molecule has 106 valence electrons. The Hall–Kier alpha value is -0.340. The van der Waals surface area contributed by atoms with E-state index in [0.717, 1.165) is 19.0 Å². The van der Waals surface area contributed by atoms with Gasteiger partial charge in [-0.05, 0) is 62.3 Å². The van der Waals surface area contributed by atoms with Crippen molar-refractivity contribution in [3.63, 3.8) is 0 Å². The standard InChI is InChI=1S/C17H26BrN/c1-3-12-19-13-17(10-8-14(2)9-11-17)15-4-6-16(18)7-5-15/h4-7,14,19H,3,8-13H2,1-2H3. The Morgan fingerprint density at radius 1 is 1.21 bits per heavy atom. The maximum atomic E-state index is 3.66. The molecule has 1 aliphatic rings. The van der Waals surface area contributed by atoms with Crippen molar-refractivity contribution >= 4 is 15.9 Å². The fraction of sp³-hybridized carbons (Fsp3) is 0.647. The van der Waals surface area contributed by atoms with Crippen molar-refractivity contribution in [2.24, 2.45) is 5.92 Å². The van der Waals surface area contributed by atoms with Gasteiger partial charge in [-0.15, -0.1) is 0 Å². The van der Waals surface area contributed by atoms with E-state index in [4.69, 9.17) is 0 Å². The van der Waals surface area contributed by atoms with Crippen molar-refractivity contribution in [3.05, 3.63) is 34.3 Å². The van der Waals surface area contributed by atoms with E-state index in [0.29, 0.717) is 5.41 Å². The molecule has 1 saturated carbocycles. The van der Waals surface area contributed by atoms with Gasteiger partial charge < -0.3 is 5.32 Å². The highest BCUT2D eigenvalue weighted by atomic mass is 79.9. The molecule has 1 aromatic rings. The van der Waals surface area contributed by atoms with Gasteiger partial charge in [0.25, 0.3) is 0 Å². The Morgan fingerprint density at radius 3 is 2.42 bits per heavy atom. The quantitative estimate of drug-likeness (QED) is 0.760. The van der Waals surface area contributed by atoms with E-state index in [-0.39, 0.29) is 0 Å². The lowest BCUT2D eigenvalue weighted by Gasteiger charge is -2.40. The normalized spacial score (nSPS) is 27.4. The van der Waals surface area contributed by atoms with Gasteiger partial charge in [0, 0.05) is 16.4 Å². The SMILES string of the molecule is CCCNCC1(c2ccc(Br)cc2)CCC(C)CC1. The largest absolute Gasteiger partial charge is 0.316 e. The molecular weight excluding hydrogens is 298 g/mol. The van der Waals surface area contributed by atoms with Crippen molar-refractivity contribution in [2.45, 2.75) is 51.4 Å². The molecular formula is C17H26BrN. The van der Waals surface area contributed by atoms with E-state index in [2.05, 4.69) is 59.4 Å². The molecule has 0 spiro atoms. The first-order chi connectivity index (χ1) is 9.16. The van der Waals surface area contributed by atoms with Gasteiger partial charge in [-0.3, -0.25) is 0 Å². The van der Waals surface area contributed by atoms with Gasteiger partial charge in [-0.1, -0.05) is 41.9 Å². The van der Waals surface area contributed by atoms with Crippen LogP contribution in [0.1, 0.15) is 51.5 Å². The summed E-state index contributed by atoms with van der Waals surface area (Å²) in [6.07, 6.45) is 6.60. The van der Waals surface area contributed by atoms with Crippen LogP contribution < -0.4 is 5.32 Å². The second-order valence-corrected chi connectivity index (χ2v) is 7.06. The number of hydrogen-bond acceptors (Lipinski definition) is 1. The van der Waals surface area contributed by atoms with Gasteiger partial charge in [-0.25, -0.2) is 0 Å². The minimum Gasteiger partial charge on any atom is -0.316 e.